The van der Waals surface area contributed by atoms with Gasteiger partial charge in [0.05, 0.1) is 11.9 Å². The third kappa shape index (κ3) is 4.46. The fourth-order valence-corrected chi connectivity index (χ4v) is 1.37. The molecule has 1 atom stereocenters. The number of hydrogen-bond acceptors (Lipinski definition) is 2. The van der Waals surface area contributed by atoms with E-state index in [0.29, 0.717) is 5.69 Å². The molecule has 0 bridgehead atoms. The molecule has 0 aromatic carbocycles. The van der Waals surface area contributed by atoms with Crippen molar-refractivity contribution in [1.29, 1.82) is 0 Å². The van der Waals surface area contributed by atoms with Gasteiger partial charge in [0.2, 0.25) is 0 Å². The second kappa shape index (κ2) is 5.70. The smallest absolute Gasteiger partial charge is 0.381 e. The molecule has 0 aliphatic rings. The second-order valence-electron chi connectivity index (χ2n) is 3.84. The highest BCUT2D eigenvalue weighted by molar-refractivity contribution is 5.42. The van der Waals surface area contributed by atoms with Crippen LogP contribution < -0.4 is 5.32 Å². The summed E-state index contributed by atoms with van der Waals surface area (Å²) < 4.78 is 36.8. The molecule has 0 saturated carbocycles. The van der Waals surface area contributed by atoms with Gasteiger partial charge in [0.15, 0.2) is 0 Å². The summed E-state index contributed by atoms with van der Waals surface area (Å²) in [6.45, 7) is 5.57. The monoisotopic (exact) mass is 244 g/mol. The fraction of sp³-hybridized carbons (Fsp3) is 0.417. The summed E-state index contributed by atoms with van der Waals surface area (Å²) in [7, 11) is 0. The van der Waals surface area contributed by atoms with Gasteiger partial charge in [0.1, 0.15) is 5.69 Å². The van der Waals surface area contributed by atoms with Crippen LogP contribution in [0.5, 0.6) is 0 Å². The number of aromatic nitrogens is 1. The Kier molecular flexibility index (Phi) is 4.54. The molecule has 1 heterocycles. The van der Waals surface area contributed by atoms with Crippen molar-refractivity contribution < 1.29 is 13.2 Å². The predicted octanol–water partition coefficient (Wildman–Crippen LogP) is 3.87. The number of alkyl halides is 3. The zero-order valence-electron chi connectivity index (χ0n) is 9.59. The molecule has 0 saturated heterocycles. The van der Waals surface area contributed by atoms with Crippen LogP contribution in [0.2, 0.25) is 0 Å². The topological polar surface area (TPSA) is 24.9 Å². The molecular weight excluding hydrogens is 229 g/mol. The molecule has 17 heavy (non-hydrogen) atoms. The van der Waals surface area contributed by atoms with Gasteiger partial charge in [-0.15, -0.1) is 6.58 Å². The molecule has 0 radical (unpaired) electrons. The largest absolute Gasteiger partial charge is 0.433 e. The molecule has 1 N–H and O–H groups in total. The lowest BCUT2D eigenvalue weighted by molar-refractivity contribution is -0.141. The van der Waals surface area contributed by atoms with E-state index in [0.717, 1.165) is 18.9 Å². The lowest BCUT2D eigenvalue weighted by Gasteiger charge is -2.14. The Hall–Kier alpha value is -1.52. The van der Waals surface area contributed by atoms with Crippen LogP contribution in [0.3, 0.4) is 0 Å². The Morgan fingerprint density at radius 1 is 1.47 bits per heavy atom. The van der Waals surface area contributed by atoms with E-state index in [2.05, 4.69) is 16.9 Å². The summed E-state index contributed by atoms with van der Waals surface area (Å²) in [5.41, 5.74) is -0.281. The Morgan fingerprint density at radius 3 is 2.65 bits per heavy atom. The molecule has 0 amide bonds. The number of rotatable bonds is 5. The number of hydrogen-bond donors (Lipinski definition) is 1. The first kappa shape index (κ1) is 13.5. The molecule has 0 aliphatic heterocycles. The van der Waals surface area contributed by atoms with Crippen molar-refractivity contribution in [2.24, 2.45) is 0 Å². The number of halogens is 3. The van der Waals surface area contributed by atoms with Crippen molar-refractivity contribution in [3.63, 3.8) is 0 Å². The Labute approximate surface area is 98.6 Å². The zero-order chi connectivity index (χ0) is 12.9. The van der Waals surface area contributed by atoms with Gasteiger partial charge in [-0.05, 0) is 31.9 Å². The van der Waals surface area contributed by atoms with Crippen molar-refractivity contribution in [3.05, 3.63) is 36.7 Å². The highest BCUT2D eigenvalue weighted by Crippen LogP contribution is 2.27. The van der Waals surface area contributed by atoms with Crippen LogP contribution in [0, 0.1) is 0 Å². The molecule has 2 nitrogen and oxygen atoms in total. The van der Waals surface area contributed by atoms with E-state index in [-0.39, 0.29) is 6.04 Å². The van der Waals surface area contributed by atoms with E-state index in [1.807, 2.05) is 13.0 Å². The van der Waals surface area contributed by atoms with Crippen molar-refractivity contribution in [3.8, 4) is 0 Å². The van der Waals surface area contributed by atoms with Crippen molar-refractivity contribution in [2.45, 2.75) is 32.0 Å². The molecule has 0 spiro atoms. The molecule has 1 rings (SSSR count). The minimum atomic E-state index is -4.38. The number of anilines is 1. The highest BCUT2D eigenvalue weighted by Gasteiger charge is 2.31. The maximum Gasteiger partial charge on any atom is 0.433 e. The number of nitrogens with one attached hydrogen (secondary N) is 1. The normalized spacial score (nSPS) is 13.2. The average molecular weight is 244 g/mol. The van der Waals surface area contributed by atoms with E-state index in [9.17, 15) is 13.2 Å². The van der Waals surface area contributed by atoms with Crippen LogP contribution in [0.15, 0.2) is 31.0 Å². The third-order valence-corrected chi connectivity index (χ3v) is 2.27. The minimum Gasteiger partial charge on any atom is -0.381 e. The van der Waals surface area contributed by atoms with E-state index in [1.165, 1.54) is 12.3 Å². The van der Waals surface area contributed by atoms with Gasteiger partial charge in [0, 0.05) is 6.04 Å². The summed E-state index contributed by atoms with van der Waals surface area (Å²) in [5, 5.41) is 3.08. The van der Waals surface area contributed by atoms with Crippen LogP contribution in [0.1, 0.15) is 25.5 Å². The van der Waals surface area contributed by atoms with Gasteiger partial charge in [0.25, 0.3) is 0 Å². The standard InChI is InChI=1S/C12H15F3N2/c1-3-4-5-9(2)17-10-6-7-11(16-8-10)12(13,14)15/h3,6-9,17H,1,4-5H2,2H3. The number of nitrogens with zero attached hydrogens (tertiary/aromatic N) is 1. The summed E-state index contributed by atoms with van der Waals surface area (Å²) in [6.07, 6.45) is 0.371. The number of allylic oxidation sites excluding steroid dienone is 1. The van der Waals surface area contributed by atoms with Gasteiger partial charge in [-0.1, -0.05) is 6.08 Å². The van der Waals surface area contributed by atoms with Gasteiger partial charge in [-0.25, -0.2) is 4.98 Å². The van der Waals surface area contributed by atoms with Gasteiger partial charge >= 0.3 is 6.18 Å². The van der Waals surface area contributed by atoms with E-state index in [1.54, 1.807) is 0 Å². The lowest BCUT2D eigenvalue weighted by atomic mass is 10.2. The molecule has 94 valence electrons. The maximum absolute atomic E-state index is 12.3. The first-order chi connectivity index (χ1) is 7.93. The minimum absolute atomic E-state index is 0.173. The molecule has 1 unspecified atom stereocenters. The van der Waals surface area contributed by atoms with E-state index in [4.69, 9.17) is 0 Å². The van der Waals surface area contributed by atoms with Crippen molar-refractivity contribution >= 4 is 5.69 Å². The molecular formula is C12H15F3N2. The fourth-order valence-electron chi connectivity index (χ4n) is 1.37. The Balaban J connectivity index is 2.59. The third-order valence-electron chi connectivity index (χ3n) is 2.27. The second-order valence-corrected chi connectivity index (χ2v) is 3.84. The molecule has 0 fully saturated rings. The van der Waals surface area contributed by atoms with Gasteiger partial charge in [-0.3, -0.25) is 0 Å². The quantitative estimate of drug-likeness (QED) is 0.795. The first-order valence-electron chi connectivity index (χ1n) is 5.34. The summed E-state index contributed by atoms with van der Waals surface area (Å²) in [4.78, 5) is 3.38. The molecule has 0 aliphatic carbocycles. The Bertz CT molecular complexity index is 357. The maximum atomic E-state index is 12.3. The van der Waals surface area contributed by atoms with E-state index >= 15 is 0 Å². The first-order valence-corrected chi connectivity index (χ1v) is 5.34. The van der Waals surface area contributed by atoms with Gasteiger partial charge in [-0.2, -0.15) is 13.2 Å². The summed E-state index contributed by atoms with van der Waals surface area (Å²) >= 11 is 0. The molecule has 1 aromatic rings. The average Bonchev–Trinajstić information content (AvgIpc) is 2.26. The van der Waals surface area contributed by atoms with Crippen LogP contribution in [0.4, 0.5) is 18.9 Å². The SMILES string of the molecule is C=CCCC(C)Nc1ccc(C(F)(F)F)nc1. The van der Waals surface area contributed by atoms with Crippen molar-refractivity contribution in [2.75, 3.05) is 5.32 Å². The zero-order valence-corrected chi connectivity index (χ0v) is 9.59. The van der Waals surface area contributed by atoms with Crippen LogP contribution >= 0.6 is 0 Å². The van der Waals surface area contributed by atoms with Crippen LogP contribution in [-0.2, 0) is 6.18 Å². The van der Waals surface area contributed by atoms with Crippen LogP contribution in [0.25, 0.3) is 0 Å². The predicted molar refractivity (Wildman–Crippen MR) is 61.8 cm³/mol. The molecule has 1 aromatic heterocycles. The van der Waals surface area contributed by atoms with E-state index < -0.39 is 11.9 Å². The number of pyridine rings is 1. The van der Waals surface area contributed by atoms with Crippen LogP contribution in [-0.4, -0.2) is 11.0 Å². The van der Waals surface area contributed by atoms with Crippen molar-refractivity contribution in [1.82, 2.24) is 4.98 Å². The lowest BCUT2D eigenvalue weighted by Crippen LogP contribution is -2.15. The van der Waals surface area contributed by atoms with Gasteiger partial charge < -0.3 is 5.32 Å². The molecule has 5 heteroatoms. The Morgan fingerprint density at radius 2 is 2.18 bits per heavy atom. The highest BCUT2D eigenvalue weighted by atomic mass is 19.4. The summed E-state index contributed by atoms with van der Waals surface area (Å²) in [6, 6.07) is 2.54. The summed E-state index contributed by atoms with van der Waals surface area (Å²) in [5.74, 6) is 0.